The normalized spacial score (nSPS) is 18.1. The average molecular weight is 223 g/mol. The molecule has 1 saturated carbocycles. The number of likely N-dealkylation sites (N-methyl/N-ethyl adjacent to an activating group) is 1. The first-order valence-electron chi connectivity index (χ1n) is 5.85. The minimum atomic E-state index is -0.179. The predicted molar refractivity (Wildman–Crippen MR) is 61.8 cm³/mol. The van der Waals surface area contributed by atoms with Crippen LogP contribution in [0.15, 0.2) is 24.3 Å². The zero-order valence-corrected chi connectivity index (χ0v) is 9.58. The molecule has 16 heavy (non-hydrogen) atoms. The molecule has 0 amide bonds. The molecule has 2 rings (SSSR count). The van der Waals surface area contributed by atoms with E-state index in [9.17, 15) is 4.39 Å². The van der Waals surface area contributed by atoms with Crippen LogP contribution in [-0.4, -0.2) is 19.7 Å². The maximum atomic E-state index is 13.6. The van der Waals surface area contributed by atoms with Crippen molar-refractivity contribution in [3.05, 3.63) is 35.6 Å². The van der Waals surface area contributed by atoms with E-state index in [1.165, 1.54) is 12.5 Å². The van der Waals surface area contributed by atoms with Gasteiger partial charge in [0.05, 0.1) is 12.2 Å². The average Bonchev–Trinajstić information content (AvgIpc) is 2.23. The lowest BCUT2D eigenvalue weighted by atomic mass is 9.95. The van der Waals surface area contributed by atoms with Crippen LogP contribution in [0.25, 0.3) is 0 Å². The van der Waals surface area contributed by atoms with Gasteiger partial charge in [-0.15, -0.1) is 0 Å². The van der Waals surface area contributed by atoms with E-state index in [1.807, 2.05) is 13.1 Å². The molecule has 2 nitrogen and oxygen atoms in total. The first-order valence-corrected chi connectivity index (χ1v) is 5.85. The molecule has 0 bridgehead atoms. The van der Waals surface area contributed by atoms with Crippen molar-refractivity contribution in [2.24, 2.45) is 0 Å². The summed E-state index contributed by atoms with van der Waals surface area (Å²) in [6.07, 6.45) is 3.59. The number of halogens is 1. The Morgan fingerprint density at radius 2 is 2.19 bits per heavy atom. The molecule has 0 saturated heterocycles. The second-order valence-electron chi connectivity index (χ2n) is 4.26. The Hall–Kier alpha value is -0.930. The molecule has 0 aromatic heterocycles. The van der Waals surface area contributed by atoms with Crippen LogP contribution in [0.5, 0.6) is 0 Å². The van der Waals surface area contributed by atoms with Crippen LogP contribution < -0.4 is 5.32 Å². The summed E-state index contributed by atoms with van der Waals surface area (Å²) in [6, 6.07) is 6.85. The maximum absolute atomic E-state index is 13.6. The number of hydrogen-bond donors (Lipinski definition) is 1. The van der Waals surface area contributed by atoms with Gasteiger partial charge < -0.3 is 10.1 Å². The van der Waals surface area contributed by atoms with E-state index < -0.39 is 0 Å². The Bertz CT molecular complexity index is 338. The quantitative estimate of drug-likeness (QED) is 0.828. The van der Waals surface area contributed by atoms with Crippen LogP contribution in [0.1, 0.15) is 30.9 Å². The summed E-state index contributed by atoms with van der Waals surface area (Å²) in [5, 5.41) is 3.06. The van der Waals surface area contributed by atoms with Crippen LogP contribution in [0.4, 0.5) is 4.39 Å². The van der Waals surface area contributed by atoms with Gasteiger partial charge in [0.15, 0.2) is 0 Å². The van der Waals surface area contributed by atoms with Gasteiger partial charge in [-0.3, -0.25) is 0 Å². The number of nitrogens with one attached hydrogen (secondary N) is 1. The molecule has 0 heterocycles. The van der Waals surface area contributed by atoms with Gasteiger partial charge in [0, 0.05) is 12.1 Å². The van der Waals surface area contributed by atoms with Crippen molar-refractivity contribution in [3.63, 3.8) is 0 Å². The Labute approximate surface area is 95.8 Å². The Morgan fingerprint density at radius 1 is 1.44 bits per heavy atom. The van der Waals surface area contributed by atoms with E-state index in [0.29, 0.717) is 18.2 Å². The number of ether oxygens (including phenoxy) is 1. The number of rotatable bonds is 5. The molecule has 0 aliphatic heterocycles. The molecule has 0 spiro atoms. The summed E-state index contributed by atoms with van der Waals surface area (Å²) in [4.78, 5) is 0. The van der Waals surface area contributed by atoms with Crippen LogP contribution in [-0.2, 0) is 4.74 Å². The molecule has 1 aromatic carbocycles. The SMILES string of the molecule is CNCC(OC1CCC1)c1ccccc1F. The highest BCUT2D eigenvalue weighted by Gasteiger charge is 2.24. The predicted octanol–water partition coefficient (Wildman–Crippen LogP) is 2.66. The van der Waals surface area contributed by atoms with Gasteiger partial charge in [-0.2, -0.15) is 0 Å². The molecule has 1 atom stereocenters. The largest absolute Gasteiger partial charge is 0.369 e. The topological polar surface area (TPSA) is 21.3 Å². The molecule has 88 valence electrons. The van der Waals surface area contributed by atoms with E-state index in [0.717, 1.165) is 12.8 Å². The van der Waals surface area contributed by atoms with E-state index in [4.69, 9.17) is 4.74 Å². The first-order chi connectivity index (χ1) is 7.81. The molecule has 1 fully saturated rings. The molecule has 1 aromatic rings. The minimum Gasteiger partial charge on any atom is -0.369 e. The third kappa shape index (κ3) is 2.60. The van der Waals surface area contributed by atoms with Gasteiger partial charge in [0.25, 0.3) is 0 Å². The van der Waals surface area contributed by atoms with Crippen LogP contribution in [0.2, 0.25) is 0 Å². The number of hydrogen-bond acceptors (Lipinski definition) is 2. The summed E-state index contributed by atoms with van der Waals surface area (Å²) in [7, 11) is 1.86. The van der Waals surface area contributed by atoms with E-state index in [-0.39, 0.29) is 11.9 Å². The molecule has 1 N–H and O–H groups in total. The van der Waals surface area contributed by atoms with Gasteiger partial charge in [-0.05, 0) is 32.4 Å². The lowest BCUT2D eigenvalue weighted by Crippen LogP contribution is -2.29. The van der Waals surface area contributed by atoms with Crippen LogP contribution in [0, 0.1) is 5.82 Å². The summed E-state index contributed by atoms with van der Waals surface area (Å²) >= 11 is 0. The smallest absolute Gasteiger partial charge is 0.129 e. The summed E-state index contributed by atoms with van der Waals surface area (Å²) < 4.78 is 19.5. The highest BCUT2D eigenvalue weighted by molar-refractivity contribution is 5.20. The lowest BCUT2D eigenvalue weighted by Gasteiger charge is -2.30. The van der Waals surface area contributed by atoms with Gasteiger partial charge >= 0.3 is 0 Å². The van der Waals surface area contributed by atoms with Crippen molar-refractivity contribution >= 4 is 0 Å². The second kappa shape index (κ2) is 5.41. The molecule has 1 unspecified atom stereocenters. The van der Waals surface area contributed by atoms with Crippen molar-refractivity contribution in [2.75, 3.05) is 13.6 Å². The fourth-order valence-electron chi connectivity index (χ4n) is 1.89. The van der Waals surface area contributed by atoms with Gasteiger partial charge in [0.1, 0.15) is 5.82 Å². The zero-order valence-electron chi connectivity index (χ0n) is 9.58. The zero-order chi connectivity index (χ0) is 11.4. The third-order valence-electron chi connectivity index (χ3n) is 3.05. The van der Waals surface area contributed by atoms with Gasteiger partial charge in [0.2, 0.25) is 0 Å². The lowest BCUT2D eigenvalue weighted by molar-refractivity contribution is -0.0525. The fourth-order valence-corrected chi connectivity index (χ4v) is 1.89. The summed E-state index contributed by atoms with van der Waals surface area (Å²) in [6.45, 7) is 0.650. The molecule has 1 aliphatic rings. The van der Waals surface area contributed by atoms with Crippen molar-refractivity contribution in [1.82, 2.24) is 5.32 Å². The Kier molecular flexibility index (Phi) is 3.91. The van der Waals surface area contributed by atoms with Crippen LogP contribution in [0.3, 0.4) is 0 Å². The second-order valence-corrected chi connectivity index (χ2v) is 4.26. The van der Waals surface area contributed by atoms with Gasteiger partial charge in [-0.25, -0.2) is 4.39 Å². The summed E-state index contributed by atoms with van der Waals surface area (Å²) in [5.41, 5.74) is 0.656. The van der Waals surface area contributed by atoms with Crippen LogP contribution >= 0.6 is 0 Å². The Balaban J connectivity index is 2.08. The van der Waals surface area contributed by atoms with Gasteiger partial charge in [-0.1, -0.05) is 18.2 Å². The first kappa shape index (κ1) is 11.6. The highest BCUT2D eigenvalue weighted by Crippen LogP contribution is 2.29. The molecule has 1 aliphatic carbocycles. The van der Waals surface area contributed by atoms with E-state index >= 15 is 0 Å². The molecular formula is C13H18FNO. The fraction of sp³-hybridized carbons (Fsp3) is 0.538. The maximum Gasteiger partial charge on any atom is 0.129 e. The third-order valence-corrected chi connectivity index (χ3v) is 3.05. The standard InChI is InChI=1S/C13H18FNO/c1-15-9-13(16-10-5-4-6-10)11-7-2-3-8-12(11)14/h2-3,7-8,10,13,15H,4-6,9H2,1H3. The van der Waals surface area contributed by atoms with Crippen molar-refractivity contribution < 1.29 is 9.13 Å². The van der Waals surface area contributed by atoms with E-state index in [2.05, 4.69) is 5.32 Å². The highest BCUT2D eigenvalue weighted by atomic mass is 19.1. The van der Waals surface area contributed by atoms with Crippen molar-refractivity contribution in [1.29, 1.82) is 0 Å². The Morgan fingerprint density at radius 3 is 2.75 bits per heavy atom. The molecule has 3 heteroatoms. The number of benzene rings is 1. The molecule has 0 radical (unpaired) electrons. The minimum absolute atomic E-state index is 0.170. The van der Waals surface area contributed by atoms with Crippen molar-refractivity contribution in [3.8, 4) is 0 Å². The van der Waals surface area contributed by atoms with E-state index in [1.54, 1.807) is 12.1 Å². The monoisotopic (exact) mass is 223 g/mol. The molecular weight excluding hydrogens is 205 g/mol. The van der Waals surface area contributed by atoms with Crippen molar-refractivity contribution in [2.45, 2.75) is 31.5 Å². The summed E-state index contributed by atoms with van der Waals surface area (Å²) in [5.74, 6) is -0.179.